The van der Waals surface area contributed by atoms with Gasteiger partial charge in [0.15, 0.2) is 0 Å². The van der Waals surface area contributed by atoms with Crippen LogP contribution >= 0.6 is 23.6 Å². The average molecular weight is 284 g/mol. The molecule has 0 unspecified atom stereocenters. The van der Waals surface area contributed by atoms with Gasteiger partial charge in [-0.25, -0.2) is 4.98 Å². The third kappa shape index (κ3) is 2.01. The normalized spacial score (nSPS) is 14.9. The zero-order valence-electron chi connectivity index (χ0n) is 10.2. The molecule has 2 aromatic heterocycles. The Labute approximate surface area is 120 Å². The molecule has 3 aromatic rings. The molecule has 0 amide bonds. The first-order chi connectivity index (χ1) is 9.31. The lowest BCUT2D eigenvalue weighted by molar-refractivity contribution is 0.924. The maximum absolute atomic E-state index is 5.31. The molecule has 1 fully saturated rings. The zero-order valence-corrected chi connectivity index (χ0v) is 11.9. The van der Waals surface area contributed by atoms with Crippen molar-refractivity contribution in [2.75, 3.05) is 0 Å². The van der Waals surface area contributed by atoms with Crippen molar-refractivity contribution in [2.24, 2.45) is 0 Å². The fourth-order valence-electron chi connectivity index (χ4n) is 2.38. The largest absolute Gasteiger partial charge is 0.343 e. The van der Waals surface area contributed by atoms with E-state index in [9.17, 15) is 0 Å². The number of nitrogens with one attached hydrogen (secondary N) is 1. The second-order valence-corrected chi connectivity index (χ2v) is 6.27. The van der Waals surface area contributed by atoms with Crippen LogP contribution in [0, 0.1) is 4.64 Å². The Morgan fingerprint density at radius 2 is 2.16 bits per heavy atom. The van der Waals surface area contributed by atoms with Gasteiger partial charge in [-0.1, -0.05) is 30.4 Å². The highest BCUT2D eigenvalue weighted by Crippen LogP contribution is 2.39. The molecule has 1 aromatic carbocycles. The van der Waals surface area contributed by atoms with Gasteiger partial charge in [-0.3, -0.25) is 0 Å². The number of hydrogen-bond donors (Lipinski definition) is 1. The number of rotatable bonds is 2. The van der Waals surface area contributed by atoms with Crippen LogP contribution < -0.4 is 0 Å². The highest BCUT2D eigenvalue weighted by Gasteiger charge is 2.26. The number of benzene rings is 1. The van der Waals surface area contributed by atoms with Crippen LogP contribution in [0.15, 0.2) is 35.7 Å². The van der Waals surface area contributed by atoms with Crippen molar-refractivity contribution >= 4 is 33.6 Å². The number of fused-ring (bicyclic) bond motifs is 1. The van der Waals surface area contributed by atoms with Gasteiger partial charge in [0.05, 0.1) is 5.69 Å². The Morgan fingerprint density at radius 3 is 3.00 bits per heavy atom. The van der Waals surface area contributed by atoms with Gasteiger partial charge in [-0.15, -0.1) is 11.3 Å². The van der Waals surface area contributed by atoms with E-state index in [1.807, 2.05) is 6.07 Å². The summed E-state index contributed by atoms with van der Waals surface area (Å²) in [7, 11) is 0. The van der Waals surface area contributed by atoms with Crippen molar-refractivity contribution < 1.29 is 0 Å². The van der Waals surface area contributed by atoms with Crippen LogP contribution in [0.2, 0.25) is 0 Å². The van der Waals surface area contributed by atoms with E-state index in [2.05, 4.69) is 39.6 Å². The molecule has 1 N–H and O–H groups in total. The van der Waals surface area contributed by atoms with Crippen molar-refractivity contribution in [1.82, 2.24) is 9.97 Å². The van der Waals surface area contributed by atoms with Gasteiger partial charge in [0.1, 0.15) is 10.5 Å². The van der Waals surface area contributed by atoms with Crippen LogP contribution in [0.5, 0.6) is 0 Å². The van der Waals surface area contributed by atoms with Crippen molar-refractivity contribution in [3.63, 3.8) is 0 Å². The maximum Gasteiger partial charge on any atom is 0.130 e. The van der Waals surface area contributed by atoms with Crippen molar-refractivity contribution in [3.8, 4) is 11.3 Å². The van der Waals surface area contributed by atoms with Crippen molar-refractivity contribution in [2.45, 2.75) is 18.8 Å². The monoisotopic (exact) mass is 284 g/mol. The summed E-state index contributed by atoms with van der Waals surface area (Å²) >= 11 is 7.08. The predicted molar refractivity (Wildman–Crippen MR) is 82.2 cm³/mol. The van der Waals surface area contributed by atoms with Crippen LogP contribution in [0.4, 0.5) is 0 Å². The number of hydrogen-bond acceptors (Lipinski definition) is 3. The molecule has 4 rings (SSSR count). The smallest absolute Gasteiger partial charge is 0.130 e. The molecule has 1 saturated carbocycles. The molecule has 0 aliphatic heterocycles. The summed E-state index contributed by atoms with van der Waals surface area (Å²) in [4.78, 5) is 7.93. The van der Waals surface area contributed by atoms with E-state index in [0.717, 1.165) is 11.5 Å². The lowest BCUT2D eigenvalue weighted by Crippen LogP contribution is -1.95. The van der Waals surface area contributed by atoms with E-state index < -0.39 is 0 Å². The first-order valence-electron chi connectivity index (χ1n) is 6.39. The second kappa shape index (κ2) is 4.25. The van der Waals surface area contributed by atoms with E-state index in [-0.39, 0.29) is 0 Å². The molecule has 4 heteroatoms. The number of H-pyrrole nitrogens is 1. The van der Waals surface area contributed by atoms with Crippen molar-refractivity contribution in [1.29, 1.82) is 0 Å². The van der Waals surface area contributed by atoms with E-state index in [1.54, 1.807) is 11.3 Å². The zero-order chi connectivity index (χ0) is 12.8. The summed E-state index contributed by atoms with van der Waals surface area (Å²) < 4.78 is 1.99. The number of aromatic nitrogens is 2. The molecular formula is C15H12N2S2. The predicted octanol–water partition coefficient (Wildman–Crippen LogP) is 4.90. The minimum atomic E-state index is 0.587. The molecule has 0 saturated heterocycles. The molecule has 0 radical (unpaired) electrons. The number of nitrogens with zero attached hydrogens (tertiary/aromatic N) is 1. The Hall–Kier alpha value is -1.52. The minimum absolute atomic E-state index is 0.587. The van der Waals surface area contributed by atoms with Gasteiger partial charge in [0.2, 0.25) is 0 Å². The molecule has 0 spiro atoms. The number of aromatic amines is 1. The lowest BCUT2D eigenvalue weighted by atomic mass is 10.1. The standard InChI is InChI=1S/C15H12N2S2/c18-13-8-12(16-15(17-13)10-4-5-10)11-3-1-2-9-6-7-19-14(9)11/h1-3,6-8,10H,4-5H2,(H,16,17,18). The highest BCUT2D eigenvalue weighted by molar-refractivity contribution is 7.71. The van der Waals surface area contributed by atoms with Gasteiger partial charge < -0.3 is 4.98 Å². The van der Waals surface area contributed by atoms with Crippen LogP contribution in [0.1, 0.15) is 24.6 Å². The first-order valence-corrected chi connectivity index (χ1v) is 7.68. The lowest BCUT2D eigenvalue weighted by Gasteiger charge is -2.06. The Morgan fingerprint density at radius 1 is 1.26 bits per heavy atom. The Bertz CT molecular complexity index is 812. The van der Waals surface area contributed by atoms with Gasteiger partial charge in [0, 0.05) is 16.2 Å². The summed E-state index contributed by atoms with van der Waals surface area (Å²) in [6.45, 7) is 0. The summed E-state index contributed by atoms with van der Waals surface area (Å²) in [6, 6.07) is 10.5. The molecule has 0 atom stereocenters. The van der Waals surface area contributed by atoms with Gasteiger partial charge in [0.25, 0.3) is 0 Å². The fourth-order valence-corrected chi connectivity index (χ4v) is 3.52. The molecular weight excluding hydrogens is 272 g/mol. The quantitative estimate of drug-likeness (QED) is 0.678. The van der Waals surface area contributed by atoms with E-state index in [0.29, 0.717) is 10.6 Å². The van der Waals surface area contributed by atoms with Crippen molar-refractivity contribution in [3.05, 3.63) is 46.2 Å². The van der Waals surface area contributed by atoms with Gasteiger partial charge in [-0.05, 0) is 35.7 Å². The highest BCUT2D eigenvalue weighted by atomic mass is 32.1. The third-order valence-electron chi connectivity index (χ3n) is 3.49. The Kier molecular flexibility index (Phi) is 2.53. The molecule has 2 heterocycles. The van der Waals surface area contributed by atoms with Gasteiger partial charge >= 0.3 is 0 Å². The molecule has 0 bridgehead atoms. The summed E-state index contributed by atoms with van der Waals surface area (Å²) in [5.74, 6) is 1.64. The minimum Gasteiger partial charge on any atom is -0.343 e. The summed E-state index contributed by atoms with van der Waals surface area (Å²) in [5, 5.41) is 3.41. The molecule has 19 heavy (non-hydrogen) atoms. The second-order valence-electron chi connectivity index (χ2n) is 4.94. The van der Waals surface area contributed by atoms with Crippen LogP contribution in [-0.2, 0) is 0 Å². The van der Waals surface area contributed by atoms with Crippen LogP contribution in [0.25, 0.3) is 21.3 Å². The van der Waals surface area contributed by atoms with Gasteiger partial charge in [-0.2, -0.15) is 0 Å². The van der Waals surface area contributed by atoms with E-state index in [1.165, 1.54) is 28.5 Å². The molecule has 1 aliphatic rings. The summed E-state index contributed by atoms with van der Waals surface area (Å²) in [5.41, 5.74) is 2.32. The Balaban J connectivity index is 1.96. The maximum atomic E-state index is 5.31. The molecule has 94 valence electrons. The van der Waals surface area contributed by atoms with Crippen LogP contribution in [-0.4, -0.2) is 9.97 Å². The SMILES string of the molecule is S=c1cc(-c2cccc3ccsc23)[nH]c(C2CC2)n1. The number of thiophene rings is 1. The fraction of sp³-hybridized carbons (Fsp3) is 0.200. The molecule has 1 aliphatic carbocycles. The topological polar surface area (TPSA) is 28.7 Å². The van der Waals surface area contributed by atoms with Crippen LogP contribution in [0.3, 0.4) is 0 Å². The van der Waals surface area contributed by atoms with E-state index in [4.69, 9.17) is 12.2 Å². The first kappa shape index (κ1) is 11.3. The molecule has 2 nitrogen and oxygen atoms in total. The summed E-state index contributed by atoms with van der Waals surface area (Å²) in [6.07, 6.45) is 2.45. The van der Waals surface area contributed by atoms with E-state index >= 15 is 0 Å². The third-order valence-corrected chi connectivity index (χ3v) is 4.67. The average Bonchev–Trinajstić information content (AvgIpc) is 3.15.